The molecular formula is C24H27N5OS. The van der Waals surface area contributed by atoms with Gasteiger partial charge in [-0.3, -0.25) is 4.79 Å². The predicted octanol–water partition coefficient (Wildman–Crippen LogP) is 5.10. The van der Waals surface area contributed by atoms with E-state index in [4.69, 9.17) is 4.98 Å². The van der Waals surface area contributed by atoms with Crippen molar-refractivity contribution in [1.29, 1.82) is 0 Å². The van der Waals surface area contributed by atoms with Gasteiger partial charge >= 0.3 is 0 Å². The number of benzene rings is 1. The van der Waals surface area contributed by atoms with Crippen molar-refractivity contribution in [3.63, 3.8) is 0 Å². The maximum absolute atomic E-state index is 13.2. The molecule has 0 saturated heterocycles. The minimum Gasteiger partial charge on any atom is -0.322 e. The first-order chi connectivity index (χ1) is 14.9. The van der Waals surface area contributed by atoms with Crippen LogP contribution in [0.3, 0.4) is 0 Å². The highest BCUT2D eigenvalue weighted by molar-refractivity contribution is 7.13. The second kappa shape index (κ2) is 8.99. The van der Waals surface area contributed by atoms with Crippen LogP contribution in [-0.4, -0.2) is 46.2 Å². The zero-order valence-electron chi connectivity index (χ0n) is 18.3. The average Bonchev–Trinajstić information content (AvgIpc) is 3.42. The van der Waals surface area contributed by atoms with Crippen molar-refractivity contribution in [2.45, 2.75) is 26.3 Å². The minimum absolute atomic E-state index is 0.147. The Morgan fingerprint density at radius 1 is 1.19 bits per heavy atom. The molecule has 0 aliphatic heterocycles. The molecule has 4 aromatic rings. The number of nitrogens with zero attached hydrogens (tertiary/aromatic N) is 4. The van der Waals surface area contributed by atoms with E-state index in [0.717, 1.165) is 40.3 Å². The Kier molecular flexibility index (Phi) is 6.15. The summed E-state index contributed by atoms with van der Waals surface area (Å²) in [4.78, 5) is 21.3. The highest BCUT2D eigenvalue weighted by Crippen LogP contribution is 2.29. The number of likely N-dealkylation sites (N-methyl/N-ethyl adjacent to an activating group) is 1. The van der Waals surface area contributed by atoms with Crippen LogP contribution in [0, 0.1) is 0 Å². The summed E-state index contributed by atoms with van der Waals surface area (Å²) < 4.78 is 1.86. The largest absolute Gasteiger partial charge is 0.322 e. The summed E-state index contributed by atoms with van der Waals surface area (Å²) in [6.07, 6.45) is 2.71. The van der Waals surface area contributed by atoms with Crippen LogP contribution in [0.4, 0.5) is 5.69 Å². The van der Waals surface area contributed by atoms with Gasteiger partial charge in [-0.15, -0.1) is 11.3 Å². The molecule has 4 rings (SSSR count). The van der Waals surface area contributed by atoms with Gasteiger partial charge in [0.1, 0.15) is 0 Å². The minimum atomic E-state index is -0.158. The number of thiophene rings is 1. The van der Waals surface area contributed by atoms with Crippen LogP contribution in [0.5, 0.6) is 0 Å². The molecule has 1 amide bonds. The molecule has 6 nitrogen and oxygen atoms in total. The van der Waals surface area contributed by atoms with Crippen LogP contribution in [0.15, 0.2) is 54.0 Å². The number of anilines is 1. The van der Waals surface area contributed by atoms with Gasteiger partial charge in [0, 0.05) is 18.3 Å². The maximum atomic E-state index is 13.2. The van der Waals surface area contributed by atoms with Gasteiger partial charge in [-0.1, -0.05) is 18.2 Å². The number of rotatable bonds is 7. The van der Waals surface area contributed by atoms with Crippen molar-refractivity contribution in [2.24, 2.45) is 0 Å². The predicted molar refractivity (Wildman–Crippen MR) is 128 cm³/mol. The first-order valence-corrected chi connectivity index (χ1v) is 11.3. The molecule has 3 heterocycles. The molecule has 0 unspecified atom stereocenters. The standard InChI is InChI=1S/C24H27N5OS/c1-16(2)29-23-20(15-25-29)19(14-21(27-23)22-6-5-13-31-22)24(30)26-18-9-7-17(8-10-18)11-12-28(3)4/h5-10,13-16H,11-12H2,1-4H3,(H,26,30). The van der Waals surface area contributed by atoms with Gasteiger partial charge < -0.3 is 10.2 Å². The van der Waals surface area contributed by atoms with Gasteiger partial charge in [0.2, 0.25) is 0 Å². The van der Waals surface area contributed by atoms with Crippen molar-refractivity contribution < 1.29 is 4.79 Å². The fourth-order valence-corrected chi connectivity index (χ4v) is 4.13. The van der Waals surface area contributed by atoms with Gasteiger partial charge in [-0.25, -0.2) is 9.67 Å². The second-order valence-corrected chi connectivity index (χ2v) is 9.10. The van der Waals surface area contributed by atoms with E-state index in [1.54, 1.807) is 17.5 Å². The fraction of sp³-hybridized carbons (Fsp3) is 0.292. The fourth-order valence-electron chi connectivity index (χ4n) is 3.44. The number of aromatic nitrogens is 3. The molecule has 31 heavy (non-hydrogen) atoms. The van der Waals surface area contributed by atoms with Gasteiger partial charge in [0.05, 0.1) is 27.7 Å². The molecule has 3 aromatic heterocycles. The van der Waals surface area contributed by atoms with E-state index in [2.05, 4.69) is 55.4 Å². The van der Waals surface area contributed by atoms with E-state index < -0.39 is 0 Å². The van der Waals surface area contributed by atoms with E-state index in [9.17, 15) is 4.79 Å². The van der Waals surface area contributed by atoms with Crippen molar-refractivity contribution >= 4 is 34.0 Å². The molecule has 0 atom stereocenters. The van der Waals surface area contributed by atoms with Crippen molar-refractivity contribution in [1.82, 2.24) is 19.7 Å². The van der Waals surface area contributed by atoms with Crippen LogP contribution in [-0.2, 0) is 6.42 Å². The quantitative estimate of drug-likeness (QED) is 0.441. The van der Waals surface area contributed by atoms with Crippen molar-refractivity contribution in [3.05, 3.63) is 65.2 Å². The highest BCUT2D eigenvalue weighted by Gasteiger charge is 2.19. The molecule has 0 aliphatic carbocycles. The molecule has 0 spiro atoms. The lowest BCUT2D eigenvalue weighted by atomic mass is 10.1. The van der Waals surface area contributed by atoms with Gasteiger partial charge in [-0.05, 0) is 69.6 Å². The molecular weight excluding hydrogens is 406 g/mol. The number of carbonyl (C=O) groups excluding carboxylic acids is 1. The van der Waals surface area contributed by atoms with E-state index in [-0.39, 0.29) is 11.9 Å². The first kappa shape index (κ1) is 21.2. The van der Waals surface area contributed by atoms with E-state index in [1.165, 1.54) is 5.56 Å². The van der Waals surface area contributed by atoms with Crippen LogP contribution in [0.1, 0.15) is 35.8 Å². The molecule has 7 heteroatoms. The summed E-state index contributed by atoms with van der Waals surface area (Å²) in [6, 6.07) is 14.1. The highest BCUT2D eigenvalue weighted by atomic mass is 32.1. The third kappa shape index (κ3) is 4.68. The van der Waals surface area contributed by atoms with E-state index >= 15 is 0 Å². The molecule has 1 aromatic carbocycles. The summed E-state index contributed by atoms with van der Waals surface area (Å²) in [7, 11) is 4.13. The molecule has 160 valence electrons. The molecule has 0 bridgehead atoms. The smallest absolute Gasteiger partial charge is 0.256 e. The van der Waals surface area contributed by atoms with Crippen LogP contribution in [0.25, 0.3) is 21.6 Å². The zero-order valence-corrected chi connectivity index (χ0v) is 19.1. The van der Waals surface area contributed by atoms with Crippen molar-refractivity contribution in [3.8, 4) is 10.6 Å². The Morgan fingerprint density at radius 3 is 2.61 bits per heavy atom. The Bertz CT molecular complexity index is 1180. The summed E-state index contributed by atoms with van der Waals surface area (Å²) >= 11 is 1.61. The Balaban J connectivity index is 1.65. The number of fused-ring (bicyclic) bond motifs is 1. The molecule has 1 N–H and O–H groups in total. The normalized spacial score (nSPS) is 11.5. The van der Waals surface area contributed by atoms with Gasteiger partial charge in [0.25, 0.3) is 5.91 Å². The summed E-state index contributed by atoms with van der Waals surface area (Å²) in [6.45, 7) is 5.11. The first-order valence-electron chi connectivity index (χ1n) is 10.4. The van der Waals surface area contributed by atoms with E-state index in [0.29, 0.717) is 5.56 Å². The lowest BCUT2D eigenvalue weighted by Crippen LogP contribution is -2.15. The SMILES string of the molecule is CC(C)n1ncc2c(C(=O)Nc3ccc(CCN(C)C)cc3)cc(-c3cccs3)nc21. The molecule has 0 aliphatic rings. The van der Waals surface area contributed by atoms with E-state index in [1.807, 2.05) is 40.4 Å². The topological polar surface area (TPSA) is 63.1 Å². The zero-order chi connectivity index (χ0) is 22.0. The van der Waals surface area contributed by atoms with Gasteiger partial charge in [0.15, 0.2) is 5.65 Å². The molecule has 0 fully saturated rings. The number of nitrogens with one attached hydrogen (secondary N) is 1. The van der Waals surface area contributed by atoms with Crippen molar-refractivity contribution in [2.75, 3.05) is 26.0 Å². The third-order valence-corrected chi connectivity index (χ3v) is 6.03. The Labute approximate surface area is 186 Å². The Hall–Kier alpha value is -3.03. The second-order valence-electron chi connectivity index (χ2n) is 8.16. The number of amides is 1. The molecule has 0 saturated carbocycles. The molecule has 0 radical (unpaired) electrons. The summed E-state index contributed by atoms with van der Waals surface area (Å²) in [5.74, 6) is -0.158. The maximum Gasteiger partial charge on any atom is 0.256 e. The third-order valence-electron chi connectivity index (χ3n) is 5.13. The Morgan fingerprint density at radius 2 is 1.97 bits per heavy atom. The lowest BCUT2D eigenvalue weighted by Gasteiger charge is -2.11. The number of hydrogen-bond acceptors (Lipinski definition) is 5. The van der Waals surface area contributed by atoms with Gasteiger partial charge in [-0.2, -0.15) is 5.10 Å². The monoisotopic (exact) mass is 433 g/mol. The summed E-state index contributed by atoms with van der Waals surface area (Å²) in [5, 5.41) is 10.3. The van der Waals surface area contributed by atoms with Crippen LogP contribution in [0.2, 0.25) is 0 Å². The van der Waals surface area contributed by atoms with Crippen LogP contribution >= 0.6 is 11.3 Å². The van der Waals surface area contributed by atoms with Crippen LogP contribution < -0.4 is 5.32 Å². The number of pyridine rings is 1. The average molecular weight is 434 g/mol. The lowest BCUT2D eigenvalue weighted by molar-refractivity contribution is 0.102. The number of carbonyl (C=O) groups is 1. The summed E-state index contributed by atoms with van der Waals surface area (Å²) in [5.41, 5.74) is 4.12. The number of hydrogen-bond donors (Lipinski definition) is 1.